The summed E-state index contributed by atoms with van der Waals surface area (Å²) in [7, 11) is 0. The average molecular weight is 229 g/mol. The number of hydrogen-bond donors (Lipinski definition) is 2. The van der Waals surface area contributed by atoms with Crippen LogP contribution in [-0.4, -0.2) is 31.3 Å². The summed E-state index contributed by atoms with van der Waals surface area (Å²) in [5.41, 5.74) is 5.24. The molecular weight excluding hydrogens is 210 g/mol. The van der Waals surface area contributed by atoms with Crippen molar-refractivity contribution < 1.29 is 4.74 Å². The molecular formula is C10H19N3OS. The highest BCUT2D eigenvalue weighted by Crippen LogP contribution is 2.21. The van der Waals surface area contributed by atoms with E-state index in [-0.39, 0.29) is 5.54 Å². The molecule has 4 nitrogen and oxygen atoms in total. The van der Waals surface area contributed by atoms with Crippen LogP contribution in [0.3, 0.4) is 0 Å². The molecule has 86 valence electrons. The Morgan fingerprint density at radius 2 is 2.33 bits per heavy atom. The van der Waals surface area contributed by atoms with Gasteiger partial charge in [0.25, 0.3) is 0 Å². The van der Waals surface area contributed by atoms with Crippen LogP contribution in [0.1, 0.15) is 18.9 Å². The maximum Gasteiger partial charge on any atom is 0.112 e. The zero-order chi connectivity index (χ0) is 11.1. The molecule has 0 aliphatic heterocycles. The second kappa shape index (κ2) is 6.17. The molecule has 0 amide bonds. The summed E-state index contributed by atoms with van der Waals surface area (Å²) in [4.78, 5) is 4.30. The third-order valence-electron chi connectivity index (χ3n) is 2.04. The number of nitrogens with two attached hydrogens (primary N) is 1. The summed E-state index contributed by atoms with van der Waals surface area (Å²) < 4.78 is 5.29. The summed E-state index contributed by atoms with van der Waals surface area (Å²) in [5.74, 6) is 0. The van der Waals surface area contributed by atoms with E-state index in [0.717, 1.165) is 11.6 Å². The summed E-state index contributed by atoms with van der Waals surface area (Å²) in [6, 6.07) is 0. The first-order valence-electron chi connectivity index (χ1n) is 5.09. The summed E-state index contributed by atoms with van der Waals surface area (Å²) in [6.45, 7) is 6.94. The predicted molar refractivity (Wildman–Crippen MR) is 63.0 cm³/mol. The van der Waals surface area contributed by atoms with Gasteiger partial charge in [-0.25, -0.2) is 4.98 Å². The van der Waals surface area contributed by atoms with E-state index in [1.54, 1.807) is 11.3 Å². The standard InChI is InChI=1S/C10H19N3OS/c1-10(2,9-12-5-8-15-9)13-4-7-14-6-3-11/h5,8,13H,3-4,6-7,11H2,1-2H3. The van der Waals surface area contributed by atoms with E-state index in [9.17, 15) is 0 Å². The molecule has 0 fully saturated rings. The van der Waals surface area contributed by atoms with Gasteiger partial charge in [-0.3, -0.25) is 0 Å². The van der Waals surface area contributed by atoms with Gasteiger partial charge in [0, 0.05) is 24.7 Å². The molecule has 0 unspecified atom stereocenters. The largest absolute Gasteiger partial charge is 0.379 e. The van der Waals surface area contributed by atoms with Crippen molar-refractivity contribution in [1.82, 2.24) is 10.3 Å². The number of aromatic nitrogens is 1. The van der Waals surface area contributed by atoms with E-state index in [1.807, 2.05) is 11.6 Å². The molecule has 0 aliphatic carbocycles. The molecule has 1 heterocycles. The fourth-order valence-electron chi connectivity index (χ4n) is 1.23. The van der Waals surface area contributed by atoms with E-state index in [0.29, 0.717) is 19.8 Å². The molecule has 1 aromatic rings. The van der Waals surface area contributed by atoms with Crippen LogP contribution in [0.15, 0.2) is 11.6 Å². The molecule has 0 radical (unpaired) electrons. The van der Waals surface area contributed by atoms with Crippen molar-refractivity contribution >= 4 is 11.3 Å². The lowest BCUT2D eigenvalue weighted by Gasteiger charge is -2.23. The quantitative estimate of drug-likeness (QED) is 0.683. The number of nitrogens with one attached hydrogen (secondary N) is 1. The summed E-state index contributed by atoms with van der Waals surface area (Å²) in [5, 5.41) is 6.49. The molecule has 0 spiro atoms. The van der Waals surface area contributed by atoms with Crippen LogP contribution < -0.4 is 11.1 Å². The Morgan fingerprint density at radius 1 is 1.53 bits per heavy atom. The lowest BCUT2D eigenvalue weighted by atomic mass is 10.1. The van der Waals surface area contributed by atoms with E-state index in [4.69, 9.17) is 10.5 Å². The van der Waals surface area contributed by atoms with Crippen LogP contribution in [-0.2, 0) is 10.3 Å². The maximum absolute atomic E-state index is 5.32. The van der Waals surface area contributed by atoms with Crippen molar-refractivity contribution in [3.63, 3.8) is 0 Å². The monoisotopic (exact) mass is 229 g/mol. The van der Waals surface area contributed by atoms with E-state index in [1.165, 1.54) is 0 Å². The number of thiazole rings is 1. The number of ether oxygens (including phenoxy) is 1. The fourth-order valence-corrected chi connectivity index (χ4v) is 1.97. The lowest BCUT2D eigenvalue weighted by molar-refractivity contribution is 0.136. The normalized spacial score (nSPS) is 11.9. The van der Waals surface area contributed by atoms with Gasteiger partial charge in [-0.15, -0.1) is 11.3 Å². The molecule has 15 heavy (non-hydrogen) atoms. The minimum absolute atomic E-state index is 0.0831. The first kappa shape index (κ1) is 12.6. The minimum atomic E-state index is -0.0831. The zero-order valence-electron chi connectivity index (χ0n) is 9.32. The van der Waals surface area contributed by atoms with Crippen LogP contribution in [0.2, 0.25) is 0 Å². The summed E-state index contributed by atoms with van der Waals surface area (Å²) >= 11 is 1.66. The Balaban J connectivity index is 2.25. The molecule has 5 heteroatoms. The second-order valence-electron chi connectivity index (χ2n) is 3.79. The molecule has 3 N–H and O–H groups in total. The SMILES string of the molecule is CC(C)(NCCOCCN)c1nccs1. The van der Waals surface area contributed by atoms with Gasteiger partial charge in [0.15, 0.2) is 0 Å². The molecule has 0 aliphatic rings. The Bertz CT molecular complexity index is 262. The summed E-state index contributed by atoms with van der Waals surface area (Å²) in [6.07, 6.45) is 1.83. The molecule has 1 aromatic heterocycles. The van der Waals surface area contributed by atoms with Crippen LogP contribution in [0.5, 0.6) is 0 Å². The first-order valence-corrected chi connectivity index (χ1v) is 5.97. The van der Waals surface area contributed by atoms with Crippen LogP contribution in [0.25, 0.3) is 0 Å². The van der Waals surface area contributed by atoms with Crippen LogP contribution in [0, 0.1) is 0 Å². The zero-order valence-corrected chi connectivity index (χ0v) is 10.1. The van der Waals surface area contributed by atoms with Gasteiger partial charge >= 0.3 is 0 Å². The molecule has 1 rings (SSSR count). The second-order valence-corrected chi connectivity index (χ2v) is 4.68. The number of hydrogen-bond acceptors (Lipinski definition) is 5. The average Bonchev–Trinajstić information content (AvgIpc) is 2.70. The van der Waals surface area contributed by atoms with Gasteiger partial charge < -0.3 is 15.8 Å². The fraction of sp³-hybridized carbons (Fsp3) is 0.700. The van der Waals surface area contributed by atoms with E-state index >= 15 is 0 Å². The van der Waals surface area contributed by atoms with Crippen molar-refractivity contribution in [3.05, 3.63) is 16.6 Å². The molecule has 0 aromatic carbocycles. The van der Waals surface area contributed by atoms with E-state index in [2.05, 4.69) is 24.1 Å². The third-order valence-corrected chi connectivity index (χ3v) is 3.14. The molecule has 0 bridgehead atoms. The van der Waals surface area contributed by atoms with Gasteiger partial charge in [0.05, 0.1) is 18.8 Å². The number of rotatable bonds is 7. The highest BCUT2D eigenvalue weighted by molar-refractivity contribution is 7.09. The highest BCUT2D eigenvalue weighted by Gasteiger charge is 2.21. The Hall–Kier alpha value is -0.490. The van der Waals surface area contributed by atoms with Crippen molar-refractivity contribution in [3.8, 4) is 0 Å². The minimum Gasteiger partial charge on any atom is -0.379 e. The maximum atomic E-state index is 5.32. The predicted octanol–water partition coefficient (Wildman–Crippen LogP) is 0.943. The first-order chi connectivity index (χ1) is 7.17. The van der Waals surface area contributed by atoms with Crippen molar-refractivity contribution in [2.75, 3.05) is 26.3 Å². The highest BCUT2D eigenvalue weighted by atomic mass is 32.1. The topological polar surface area (TPSA) is 60.2 Å². The smallest absolute Gasteiger partial charge is 0.112 e. The van der Waals surface area contributed by atoms with Gasteiger partial charge in [0.1, 0.15) is 5.01 Å². The lowest BCUT2D eigenvalue weighted by Crippen LogP contribution is -2.38. The molecule has 0 atom stereocenters. The van der Waals surface area contributed by atoms with Crippen molar-refractivity contribution in [1.29, 1.82) is 0 Å². The molecule has 0 saturated carbocycles. The van der Waals surface area contributed by atoms with Crippen molar-refractivity contribution in [2.24, 2.45) is 5.73 Å². The molecule has 0 saturated heterocycles. The van der Waals surface area contributed by atoms with Crippen LogP contribution in [0.4, 0.5) is 0 Å². The van der Waals surface area contributed by atoms with Crippen LogP contribution >= 0.6 is 11.3 Å². The van der Waals surface area contributed by atoms with Crippen molar-refractivity contribution in [2.45, 2.75) is 19.4 Å². The van der Waals surface area contributed by atoms with Gasteiger partial charge in [-0.05, 0) is 13.8 Å². The van der Waals surface area contributed by atoms with E-state index < -0.39 is 0 Å². The Labute approximate surface area is 94.8 Å². The Morgan fingerprint density at radius 3 is 2.93 bits per heavy atom. The number of nitrogens with zero attached hydrogens (tertiary/aromatic N) is 1. The Kier molecular flexibility index (Phi) is 5.17. The van der Waals surface area contributed by atoms with Gasteiger partial charge in [0.2, 0.25) is 0 Å². The van der Waals surface area contributed by atoms with Gasteiger partial charge in [-0.1, -0.05) is 0 Å². The third kappa shape index (κ3) is 4.25. The van der Waals surface area contributed by atoms with Gasteiger partial charge in [-0.2, -0.15) is 0 Å².